The van der Waals surface area contributed by atoms with E-state index in [0.29, 0.717) is 23.6 Å². The average molecular weight is 301 g/mol. The summed E-state index contributed by atoms with van der Waals surface area (Å²) in [5.74, 6) is 1.06. The summed E-state index contributed by atoms with van der Waals surface area (Å²) >= 11 is 0. The van der Waals surface area contributed by atoms with Crippen molar-refractivity contribution < 1.29 is 9.53 Å². The lowest BCUT2D eigenvalue weighted by molar-refractivity contribution is -0.120. The molecule has 1 aromatic carbocycles. The molecule has 2 rings (SSSR count). The first-order valence-electron chi connectivity index (χ1n) is 6.95. The van der Waals surface area contributed by atoms with Gasteiger partial charge in [-0.2, -0.15) is 0 Å². The minimum Gasteiger partial charge on any atom is -0.497 e. The highest BCUT2D eigenvalue weighted by atomic mass is 16.5. The van der Waals surface area contributed by atoms with E-state index in [2.05, 4.69) is 15.3 Å². The SMILES string of the molecule is COc1cccc(CNC(=O)Cc2c(C)nc(C)[nH]c2=O)c1. The van der Waals surface area contributed by atoms with E-state index in [4.69, 9.17) is 4.74 Å². The van der Waals surface area contributed by atoms with Crippen LogP contribution in [0.2, 0.25) is 0 Å². The zero-order valence-electron chi connectivity index (χ0n) is 12.9. The summed E-state index contributed by atoms with van der Waals surface area (Å²) in [6.07, 6.45) is 0.0123. The second kappa shape index (κ2) is 6.89. The van der Waals surface area contributed by atoms with Crippen LogP contribution in [0.5, 0.6) is 5.75 Å². The lowest BCUT2D eigenvalue weighted by atomic mass is 10.1. The smallest absolute Gasteiger partial charge is 0.254 e. The average Bonchev–Trinajstić information content (AvgIpc) is 2.49. The second-order valence-electron chi connectivity index (χ2n) is 5.02. The largest absolute Gasteiger partial charge is 0.497 e. The fourth-order valence-electron chi connectivity index (χ4n) is 2.17. The predicted molar refractivity (Wildman–Crippen MR) is 82.9 cm³/mol. The Morgan fingerprint density at radius 1 is 1.36 bits per heavy atom. The number of carbonyl (C=O) groups excluding carboxylic acids is 1. The van der Waals surface area contributed by atoms with Crippen LogP contribution in [0.3, 0.4) is 0 Å². The van der Waals surface area contributed by atoms with Gasteiger partial charge in [0.15, 0.2) is 0 Å². The number of aromatic nitrogens is 2. The number of aryl methyl sites for hydroxylation is 2. The number of rotatable bonds is 5. The molecule has 0 aliphatic heterocycles. The number of amides is 1. The fraction of sp³-hybridized carbons (Fsp3) is 0.312. The van der Waals surface area contributed by atoms with E-state index in [-0.39, 0.29) is 17.9 Å². The highest BCUT2D eigenvalue weighted by Crippen LogP contribution is 2.12. The molecular formula is C16H19N3O3. The molecule has 0 bridgehead atoms. The number of hydrogen-bond acceptors (Lipinski definition) is 4. The number of benzene rings is 1. The maximum Gasteiger partial charge on any atom is 0.254 e. The van der Waals surface area contributed by atoms with Crippen molar-refractivity contribution in [3.63, 3.8) is 0 Å². The second-order valence-corrected chi connectivity index (χ2v) is 5.02. The molecule has 6 heteroatoms. The van der Waals surface area contributed by atoms with E-state index in [1.54, 1.807) is 21.0 Å². The normalized spacial score (nSPS) is 10.3. The van der Waals surface area contributed by atoms with Crippen molar-refractivity contribution in [3.05, 3.63) is 57.3 Å². The van der Waals surface area contributed by atoms with Crippen molar-refractivity contribution in [2.75, 3.05) is 7.11 Å². The Balaban J connectivity index is 2.00. The molecule has 22 heavy (non-hydrogen) atoms. The molecule has 0 saturated carbocycles. The zero-order chi connectivity index (χ0) is 16.1. The van der Waals surface area contributed by atoms with Gasteiger partial charge in [0.1, 0.15) is 11.6 Å². The summed E-state index contributed by atoms with van der Waals surface area (Å²) < 4.78 is 5.13. The van der Waals surface area contributed by atoms with Crippen LogP contribution >= 0.6 is 0 Å². The highest BCUT2D eigenvalue weighted by Gasteiger charge is 2.11. The van der Waals surface area contributed by atoms with Gasteiger partial charge in [-0.3, -0.25) is 9.59 Å². The fourth-order valence-corrected chi connectivity index (χ4v) is 2.17. The molecule has 2 aromatic rings. The summed E-state index contributed by atoms with van der Waals surface area (Å²) in [4.78, 5) is 30.7. The number of nitrogens with zero attached hydrogens (tertiary/aromatic N) is 1. The van der Waals surface area contributed by atoms with Gasteiger partial charge in [0.2, 0.25) is 5.91 Å². The van der Waals surface area contributed by atoms with Crippen molar-refractivity contribution in [1.29, 1.82) is 0 Å². The van der Waals surface area contributed by atoms with Gasteiger partial charge in [0.25, 0.3) is 5.56 Å². The molecule has 0 saturated heterocycles. The van der Waals surface area contributed by atoms with E-state index >= 15 is 0 Å². The molecule has 1 amide bonds. The summed E-state index contributed by atoms with van der Waals surface area (Å²) in [7, 11) is 1.59. The summed E-state index contributed by atoms with van der Waals surface area (Å²) in [6, 6.07) is 7.45. The van der Waals surface area contributed by atoms with Gasteiger partial charge in [-0.1, -0.05) is 12.1 Å². The number of H-pyrrole nitrogens is 1. The summed E-state index contributed by atoms with van der Waals surface area (Å²) in [6.45, 7) is 3.82. The third-order valence-corrected chi connectivity index (χ3v) is 3.30. The molecule has 116 valence electrons. The minimum atomic E-state index is -0.262. The molecular weight excluding hydrogens is 282 g/mol. The molecule has 0 aliphatic rings. The highest BCUT2D eigenvalue weighted by molar-refractivity contribution is 5.78. The van der Waals surface area contributed by atoms with Crippen LogP contribution in [-0.2, 0) is 17.8 Å². The molecule has 1 heterocycles. The van der Waals surface area contributed by atoms with E-state index < -0.39 is 0 Å². The molecule has 0 unspecified atom stereocenters. The van der Waals surface area contributed by atoms with Crippen molar-refractivity contribution in [1.82, 2.24) is 15.3 Å². The number of nitrogens with one attached hydrogen (secondary N) is 2. The Bertz CT molecular complexity index is 738. The van der Waals surface area contributed by atoms with Crippen LogP contribution in [0, 0.1) is 13.8 Å². The quantitative estimate of drug-likeness (QED) is 0.870. The lowest BCUT2D eigenvalue weighted by Gasteiger charge is -2.08. The molecule has 2 N–H and O–H groups in total. The standard InChI is InChI=1S/C16H19N3O3/c1-10-14(16(21)19-11(2)18-10)8-15(20)17-9-12-5-4-6-13(7-12)22-3/h4-7H,8-9H2,1-3H3,(H,17,20)(H,18,19,21). The van der Waals surface area contributed by atoms with Crippen LogP contribution < -0.4 is 15.6 Å². The van der Waals surface area contributed by atoms with Crippen LogP contribution in [0.1, 0.15) is 22.6 Å². The van der Waals surface area contributed by atoms with Gasteiger partial charge in [0, 0.05) is 17.8 Å². The van der Waals surface area contributed by atoms with Crippen molar-refractivity contribution in [3.8, 4) is 5.75 Å². The van der Waals surface area contributed by atoms with Gasteiger partial charge >= 0.3 is 0 Å². The van der Waals surface area contributed by atoms with E-state index in [9.17, 15) is 9.59 Å². The zero-order valence-corrected chi connectivity index (χ0v) is 12.9. The van der Waals surface area contributed by atoms with Gasteiger partial charge in [0.05, 0.1) is 13.5 Å². The molecule has 0 radical (unpaired) electrons. The molecule has 0 aliphatic carbocycles. The first kappa shape index (κ1) is 15.8. The minimum absolute atomic E-state index is 0.0123. The summed E-state index contributed by atoms with van der Waals surface area (Å²) in [5.41, 5.74) is 1.65. The predicted octanol–water partition coefficient (Wildman–Crippen LogP) is 1.25. The van der Waals surface area contributed by atoms with Gasteiger partial charge in [-0.15, -0.1) is 0 Å². The van der Waals surface area contributed by atoms with Gasteiger partial charge < -0.3 is 15.0 Å². The number of methoxy groups -OCH3 is 1. The number of ether oxygens (including phenoxy) is 1. The molecule has 0 spiro atoms. The third-order valence-electron chi connectivity index (χ3n) is 3.30. The monoisotopic (exact) mass is 301 g/mol. The first-order valence-corrected chi connectivity index (χ1v) is 6.95. The maximum absolute atomic E-state index is 12.0. The Labute approximate surface area is 128 Å². The Morgan fingerprint density at radius 3 is 2.82 bits per heavy atom. The van der Waals surface area contributed by atoms with E-state index in [1.165, 1.54) is 0 Å². The third kappa shape index (κ3) is 3.94. The van der Waals surface area contributed by atoms with Gasteiger partial charge in [-0.25, -0.2) is 4.98 Å². The molecule has 0 fully saturated rings. The van der Waals surface area contributed by atoms with E-state index in [0.717, 1.165) is 11.3 Å². The van der Waals surface area contributed by atoms with E-state index in [1.807, 2.05) is 24.3 Å². The molecule has 6 nitrogen and oxygen atoms in total. The van der Waals surface area contributed by atoms with Crippen LogP contribution in [0.25, 0.3) is 0 Å². The van der Waals surface area contributed by atoms with Crippen LogP contribution in [0.4, 0.5) is 0 Å². The maximum atomic E-state index is 12.0. The number of hydrogen-bond donors (Lipinski definition) is 2. The number of carbonyl (C=O) groups is 1. The Hall–Kier alpha value is -2.63. The number of aromatic amines is 1. The summed E-state index contributed by atoms with van der Waals surface area (Å²) in [5, 5.41) is 2.79. The van der Waals surface area contributed by atoms with Crippen LogP contribution in [-0.4, -0.2) is 23.0 Å². The van der Waals surface area contributed by atoms with Crippen molar-refractivity contribution in [2.24, 2.45) is 0 Å². The van der Waals surface area contributed by atoms with Gasteiger partial charge in [-0.05, 0) is 31.5 Å². The van der Waals surface area contributed by atoms with Crippen LogP contribution in [0.15, 0.2) is 29.1 Å². The molecule has 1 aromatic heterocycles. The Kier molecular flexibility index (Phi) is 4.93. The lowest BCUT2D eigenvalue weighted by Crippen LogP contribution is -2.29. The van der Waals surface area contributed by atoms with Crippen molar-refractivity contribution >= 4 is 5.91 Å². The molecule has 0 atom stereocenters. The topological polar surface area (TPSA) is 84.1 Å². The first-order chi connectivity index (χ1) is 10.5. The Morgan fingerprint density at radius 2 is 2.14 bits per heavy atom. The van der Waals surface area contributed by atoms with Crippen molar-refractivity contribution in [2.45, 2.75) is 26.8 Å².